The standard InChI is InChI=1S/C11H16N4/c1-7(2)9-5-13-15-6-10(12-4)14-8(3)11(9)15/h5-7,12H,1-4H3. The van der Waals surface area contributed by atoms with E-state index >= 15 is 0 Å². The van der Waals surface area contributed by atoms with Crippen LogP contribution in [0.2, 0.25) is 0 Å². The van der Waals surface area contributed by atoms with Gasteiger partial charge in [-0.1, -0.05) is 13.8 Å². The Morgan fingerprint density at radius 3 is 2.73 bits per heavy atom. The molecule has 4 nitrogen and oxygen atoms in total. The number of nitrogens with one attached hydrogen (secondary N) is 1. The van der Waals surface area contributed by atoms with Crippen LogP contribution in [0.15, 0.2) is 12.4 Å². The van der Waals surface area contributed by atoms with Crippen molar-refractivity contribution in [1.29, 1.82) is 0 Å². The highest BCUT2D eigenvalue weighted by atomic mass is 15.2. The van der Waals surface area contributed by atoms with E-state index in [9.17, 15) is 0 Å². The summed E-state index contributed by atoms with van der Waals surface area (Å²) < 4.78 is 1.89. The minimum absolute atomic E-state index is 0.475. The van der Waals surface area contributed by atoms with Gasteiger partial charge in [0.1, 0.15) is 5.82 Å². The first-order chi connectivity index (χ1) is 7.13. The molecule has 0 spiro atoms. The molecule has 0 aliphatic rings. The lowest BCUT2D eigenvalue weighted by molar-refractivity contribution is 0.873. The third-order valence-corrected chi connectivity index (χ3v) is 2.58. The molecule has 2 heterocycles. The van der Waals surface area contributed by atoms with Crippen LogP contribution in [0, 0.1) is 6.92 Å². The molecule has 0 saturated carbocycles. The van der Waals surface area contributed by atoms with Crippen LogP contribution in [0.4, 0.5) is 5.82 Å². The van der Waals surface area contributed by atoms with Crippen molar-refractivity contribution in [3.8, 4) is 0 Å². The zero-order chi connectivity index (χ0) is 11.0. The lowest BCUT2D eigenvalue weighted by Gasteiger charge is -2.06. The molecule has 2 rings (SSSR count). The lowest BCUT2D eigenvalue weighted by atomic mass is 10.1. The summed E-state index contributed by atoms with van der Waals surface area (Å²) in [6, 6.07) is 0. The zero-order valence-corrected chi connectivity index (χ0v) is 9.57. The van der Waals surface area contributed by atoms with E-state index in [0.29, 0.717) is 5.92 Å². The van der Waals surface area contributed by atoms with E-state index in [4.69, 9.17) is 0 Å². The minimum Gasteiger partial charge on any atom is -0.372 e. The minimum atomic E-state index is 0.475. The smallest absolute Gasteiger partial charge is 0.144 e. The van der Waals surface area contributed by atoms with Crippen molar-refractivity contribution < 1.29 is 0 Å². The summed E-state index contributed by atoms with van der Waals surface area (Å²) in [5.41, 5.74) is 3.40. The number of nitrogens with zero attached hydrogens (tertiary/aromatic N) is 3. The van der Waals surface area contributed by atoms with E-state index in [1.165, 1.54) is 5.56 Å². The Hall–Kier alpha value is -1.58. The fraction of sp³-hybridized carbons (Fsp3) is 0.455. The molecule has 0 aliphatic heterocycles. The predicted octanol–water partition coefficient (Wildman–Crippen LogP) is 2.20. The Morgan fingerprint density at radius 2 is 2.13 bits per heavy atom. The molecule has 0 unspecified atom stereocenters. The van der Waals surface area contributed by atoms with Crippen molar-refractivity contribution in [1.82, 2.24) is 14.6 Å². The van der Waals surface area contributed by atoms with E-state index in [-0.39, 0.29) is 0 Å². The van der Waals surface area contributed by atoms with Gasteiger partial charge in [-0.2, -0.15) is 5.10 Å². The van der Waals surface area contributed by atoms with Gasteiger partial charge in [0, 0.05) is 12.6 Å². The highest BCUT2D eigenvalue weighted by molar-refractivity contribution is 5.60. The van der Waals surface area contributed by atoms with Gasteiger partial charge in [0.25, 0.3) is 0 Å². The fourth-order valence-corrected chi connectivity index (χ4v) is 1.77. The summed E-state index contributed by atoms with van der Waals surface area (Å²) >= 11 is 0. The fourth-order valence-electron chi connectivity index (χ4n) is 1.77. The Kier molecular flexibility index (Phi) is 2.34. The molecule has 0 radical (unpaired) electrons. The van der Waals surface area contributed by atoms with Crippen molar-refractivity contribution in [3.05, 3.63) is 23.7 Å². The number of hydrogen-bond acceptors (Lipinski definition) is 3. The van der Waals surface area contributed by atoms with Gasteiger partial charge in [0.05, 0.1) is 23.6 Å². The van der Waals surface area contributed by atoms with Gasteiger partial charge in [0.2, 0.25) is 0 Å². The van der Waals surface area contributed by atoms with Crippen LogP contribution < -0.4 is 5.32 Å². The Balaban J connectivity index is 2.71. The summed E-state index contributed by atoms with van der Waals surface area (Å²) in [7, 11) is 1.86. The van der Waals surface area contributed by atoms with Crippen molar-refractivity contribution in [2.75, 3.05) is 12.4 Å². The third kappa shape index (κ3) is 1.56. The highest BCUT2D eigenvalue weighted by Crippen LogP contribution is 2.23. The molecule has 0 aliphatic carbocycles. The summed E-state index contributed by atoms with van der Waals surface area (Å²) in [5.74, 6) is 1.32. The summed E-state index contributed by atoms with van der Waals surface area (Å²) in [5, 5.41) is 7.37. The molecular formula is C11H16N4. The van der Waals surface area contributed by atoms with Gasteiger partial charge >= 0.3 is 0 Å². The molecular weight excluding hydrogens is 188 g/mol. The second-order valence-corrected chi connectivity index (χ2v) is 4.01. The van der Waals surface area contributed by atoms with Crippen LogP contribution >= 0.6 is 0 Å². The maximum Gasteiger partial charge on any atom is 0.144 e. The second kappa shape index (κ2) is 3.53. The van der Waals surface area contributed by atoms with E-state index in [2.05, 4.69) is 29.2 Å². The number of aromatic nitrogens is 3. The average molecular weight is 204 g/mol. The van der Waals surface area contributed by atoms with E-state index in [1.54, 1.807) is 0 Å². The van der Waals surface area contributed by atoms with E-state index in [0.717, 1.165) is 17.0 Å². The number of anilines is 1. The number of hydrogen-bond donors (Lipinski definition) is 1. The van der Waals surface area contributed by atoms with Crippen LogP contribution in [-0.2, 0) is 0 Å². The maximum absolute atomic E-state index is 4.46. The van der Waals surface area contributed by atoms with E-state index in [1.807, 2.05) is 30.9 Å². The first kappa shape index (κ1) is 9.96. The first-order valence-corrected chi connectivity index (χ1v) is 5.16. The van der Waals surface area contributed by atoms with Crippen molar-refractivity contribution in [2.24, 2.45) is 0 Å². The van der Waals surface area contributed by atoms with Crippen molar-refractivity contribution in [2.45, 2.75) is 26.7 Å². The van der Waals surface area contributed by atoms with Crippen LogP contribution in [0.25, 0.3) is 5.52 Å². The monoisotopic (exact) mass is 204 g/mol. The normalized spacial score (nSPS) is 11.3. The number of fused-ring (bicyclic) bond motifs is 1. The molecule has 0 saturated heterocycles. The van der Waals surface area contributed by atoms with Gasteiger partial charge in [-0.15, -0.1) is 0 Å². The topological polar surface area (TPSA) is 42.2 Å². The van der Waals surface area contributed by atoms with Gasteiger partial charge in [-0.3, -0.25) is 0 Å². The van der Waals surface area contributed by atoms with Crippen LogP contribution in [0.5, 0.6) is 0 Å². The van der Waals surface area contributed by atoms with Gasteiger partial charge in [-0.05, 0) is 12.8 Å². The SMILES string of the molecule is CNc1cn2ncc(C(C)C)c2c(C)n1. The molecule has 80 valence electrons. The average Bonchev–Trinajstić information content (AvgIpc) is 2.61. The molecule has 0 fully saturated rings. The quantitative estimate of drug-likeness (QED) is 0.815. The Bertz CT molecular complexity index is 485. The predicted molar refractivity (Wildman–Crippen MR) is 61.4 cm³/mol. The summed E-state index contributed by atoms with van der Waals surface area (Å²) in [6.07, 6.45) is 3.84. The second-order valence-electron chi connectivity index (χ2n) is 4.01. The molecule has 0 amide bonds. The van der Waals surface area contributed by atoms with E-state index < -0.39 is 0 Å². The molecule has 15 heavy (non-hydrogen) atoms. The third-order valence-electron chi connectivity index (χ3n) is 2.58. The Labute approximate surface area is 89.3 Å². The van der Waals surface area contributed by atoms with Crippen molar-refractivity contribution >= 4 is 11.3 Å². The van der Waals surface area contributed by atoms with Gasteiger partial charge in [-0.25, -0.2) is 9.50 Å². The lowest BCUT2D eigenvalue weighted by Crippen LogP contribution is -2.00. The zero-order valence-electron chi connectivity index (χ0n) is 9.57. The maximum atomic E-state index is 4.46. The van der Waals surface area contributed by atoms with Gasteiger partial charge in [0.15, 0.2) is 0 Å². The number of rotatable bonds is 2. The Morgan fingerprint density at radius 1 is 1.40 bits per heavy atom. The molecule has 4 heteroatoms. The van der Waals surface area contributed by atoms with Crippen LogP contribution in [0.3, 0.4) is 0 Å². The molecule has 2 aromatic heterocycles. The molecule has 0 bridgehead atoms. The van der Waals surface area contributed by atoms with Gasteiger partial charge < -0.3 is 5.32 Å². The molecule has 1 N–H and O–H groups in total. The first-order valence-electron chi connectivity index (χ1n) is 5.16. The highest BCUT2D eigenvalue weighted by Gasteiger charge is 2.11. The summed E-state index contributed by atoms with van der Waals surface area (Å²) in [4.78, 5) is 4.46. The van der Waals surface area contributed by atoms with Crippen molar-refractivity contribution in [3.63, 3.8) is 0 Å². The summed E-state index contributed by atoms with van der Waals surface area (Å²) in [6.45, 7) is 6.36. The molecule has 0 aromatic carbocycles. The molecule has 2 aromatic rings. The number of aryl methyl sites for hydroxylation is 1. The van der Waals surface area contributed by atoms with Crippen LogP contribution in [-0.4, -0.2) is 21.6 Å². The molecule has 0 atom stereocenters. The largest absolute Gasteiger partial charge is 0.372 e. The van der Waals surface area contributed by atoms with Crippen LogP contribution in [0.1, 0.15) is 31.0 Å².